The van der Waals surface area contributed by atoms with Crippen LogP contribution in [0.2, 0.25) is 0 Å². The van der Waals surface area contributed by atoms with Gasteiger partial charge in [0.1, 0.15) is 0 Å². The summed E-state index contributed by atoms with van der Waals surface area (Å²) in [6.45, 7) is 4.16. The molecule has 7 heteroatoms. The van der Waals surface area contributed by atoms with E-state index in [1.54, 1.807) is 0 Å². The second-order valence-electron chi connectivity index (χ2n) is 6.53. The third-order valence-electron chi connectivity index (χ3n) is 4.58. The molecule has 2 N–H and O–H groups in total. The van der Waals surface area contributed by atoms with Crippen molar-refractivity contribution in [1.82, 2.24) is 15.5 Å². The minimum absolute atomic E-state index is 0.0401. The molecular weight excluding hydrogens is 283 g/mol. The van der Waals surface area contributed by atoms with Crippen LogP contribution in [0.4, 0.5) is 13.2 Å². The van der Waals surface area contributed by atoms with E-state index >= 15 is 0 Å². The van der Waals surface area contributed by atoms with Crippen LogP contribution in [-0.2, 0) is 4.79 Å². The quantitative estimate of drug-likeness (QED) is 0.825. The number of likely N-dealkylation sites (tertiary alicyclic amines) is 1. The largest absolute Gasteiger partial charge is 0.401 e. The highest BCUT2D eigenvalue weighted by Crippen LogP contribution is 2.28. The van der Waals surface area contributed by atoms with Gasteiger partial charge in [0.25, 0.3) is 0 Å². The molecule has 122 valence electrons. The lowest BCUT2D eigenvalue weighted by molar-refractivity contribution is -0.144. The summed E-state index contributed by atoms with van der Waals surface area (Å²) in [5, 5.41) is 6.17. The van der Waals surface area contributed by atoms with Crippen molar-refractivity contribution in [3.63, 3.8) is 0 Å². The van der Waals surface area contributed by atoms with Crippen LogP contribution in [0.5, 0.6) is 0 Å². The fourth-order valence-electron chi connectivity index (χ4n) is 3.13. The summed E-state index contributed by atoms with van der Waals surface area (Å²) in [6, 6.07) is 0. The number of hydrogen-bond acceptors (Lipinski definition) is 3. The van der Waals surface area contributed by atoms with Crippen LogP contribution in [0.3, 0.4) is 0 Å². The first-order valence-electron chi connectivity index (χ1n) is 7.57. The normalized spacial score (nSPS) is 26.8. The summed E-state index contributed by atoms with van der Waals surface area (Å²) >= 11 is 0. The first kappa shape index (κ1) is 16.5. The SMILES string of the molecule is CC1(C(=O)NCC2CCN(CC(F)(F)F)C2)CCNCC1. The van der Waals surface area contributed by atoms with Crippen molar-refractivity contribution in [2.45, 2.75) is 32.4 Å². The third kappa shape index (κ3) is 4.85. The van der Waals surface area contributed by atoms with E-state index in [9.17, 15) is 18.0 Å². The Balaban J connectivity index is 1.73. The van der Waals surface area contributed by atoms with Crippen molar-refractivity contribution >= 4 is 5.91 Å². The van der Waals surface area contributed by atoms with Crippen molar-refractivity contribution in [2.24, 2.45) is 11.3 Å². The first-order valence-corrected chi connectivity index (χ1v) is 7.57. The van der Waals surface area contributed by atoms with Gasteiger partial charge in [-0.05, 0) is 44.8 Å². The van der Waals surface area contributed by atoms with Crippen LogP contribution in [0.15, 0.2) is 0 Å². The molecule has 0 saturated carbocycles. The Morgan fingerprint density at radius 1 is 1.38 bits per heavy atom. The van der Waals surface area contributed by atoms with Crippen LogP contribution in [-0.4, -0.2) is 56.3 Å². The molecule has 4 nitrogen and oxygen atoms in total. The number of nitrogens with zero attached hydrogens (tertiary/aromatic N) is 1. The van der Waals surface area contributed by atoms with Gasteiger partial charge < -0.3 is 10.6 Å². The Morgan fingerprint density at radius 3 is 2.67 bits per heavy atom. The highest BCUT2D eigenvalue weighted by Gasteiger charge is 2.36. The fraction of sp³-hybridized carbons (Fsp3) is 0.929. The van der Waals surface area contributed by atoms with E-state index in [0.717, 1.165) is 25.9 Å². The minimum Gasteiger partial charge on any atom is -0.355 e. The van der Waals surface area contributed by atoms with Crippen LogP contribution in [0.25, 0.3) is 0 Å². The second kappa shape index (κ2) is 6.52. The molecule has 2 aliphatic heterocycles. The average Bonchev–Trinajstić information content (AvgIpc) is 2.82. The lowest BCUT2D eigenvalue weighted by atomic mass is 9.80. The maximum atomic E-state index is 12.3. The molecule has 0 aromatic rings. The standard InChI is InChI=1S/C14H24F3N3O/c1-13(3-5-18-6-4-13)12(21)19-8-11-2-7-20(9-11)10-14(15,16)17/h11,18H,2-10H2,1H3,(H,19,21). The summed E-state index contributed by atoms with van der Waals surface area (Å²) in [7, 11) is 0. The summed E-state index contributed by atoms with van der Waals surface area (Å²) in [6.07, 6.45) is -1.80. The minimum atomic E-state index is -4.14. The van der Waals surface area contributed by atoms with Crippen molar-refractivity contribution in [3.8, 4) is 0 Å². The predicted molar refractivity (Wildman–Crippen MR) is 73.8 cm³/mol. The molecule has 2 rings (SSSR count). The number of piperidine rings is 1. The number of hydrogen-bond donors (Lipinski definition) is 2. The van der Waals surface area contributed by atoms with Gasteiger partial charge in [-0.2, -0.15) is 13.2 Å². The van der Waals surface area contributed by atoms with Gasteiger partial charge in [0, 0.05) is 18.5 Å². The number of rotatable bonds is 4. The first-order chi connectivity index (χ1) is 9.78. The van der Waals surface area contributed by atoms with E-state index in [1.807, 2.05) is 6.92 Å². The van der Waals surface area contributed by atoms with Gasteiger partial charge in [0.15, 0.2) is 0 Å². The molecule has 0 radical (unpaired) electrons. The Labute approximate surface area is 123 Å². The summed E-state index contributed by atoms with van der Waals surface area (Å²) in [5.74, 6) is 0.167. The zero-order valence-corrected chi connectivity index (χ0v) is 12.4. The van der Waals surface area contributed by atoms with E-state index in [-0.39, 0.29) is 17.2 Å². The predicted octanol–water partition coefficient (Wildman–Crippen LogP) is 1.38. The van der Waals surface area contributed by atoms with Crippen LogP contribution in [0.1, 0.15) is 26.2 Å². The molecule has 1 amide bonds. The number of carbonyl (C=O) groups is 1. The maximum Gasteiger partial charge on any atom is 0.401 e. The van der Waals surface area contributed by atoms with Gasteiger partial charge in [-0.15, -0.1) is 0 Å². The van der Waals surface area contributed by atoms with Crippen molar-refractivity contribution in [1.29, 1.82) is 0 Å². The number of halogens is 3. The van der Waals surface area contributed by atoms with Crippen molar-refractivity contribution in [2.75, 3.05) is 39.3 Å². The maximum absolute atomic E-state index is 12.3. The Hall–Kier alpha value is -0.820. The summed E-state index contributed by atoms with van der Waals surface area (Å²) in [5.41, 5.74) is -0.338. The topological polar surface area (TPSA) is 44.4 Å². The molecule has 0 aromatic carbocycles. The van der Waals surface area contributed by atoms with Crippen molar-refractivity contribution in [3.05, 3.63) is 0 Å². The molecule has 0 aliphatic carbocycles. The number of nitrogens with one attached hydrogen (secondary N) is 2. The molecule has 21 heavy (non-hydrogen) atoms. The van der Waals surface area contributed by atoms with Crippen LogP contribution >= 0.6 is 0 Å². The Kier molecular flexibility index (Phi) is 5.14. The molecule has 0 spiro atoms. The van der Waals surface area contributed by atoms with Gasteiger partial charge in [0.2, 0.25) is 5.91 Å². The molecule has 1 unspecified atom stereocenters. The molecule has 2 aliphatic rings. The highest BCUT2D eigenvalue weighted by atomic mass is 19.4. The monoisotopic (exact) mass is 307 g/mol. The zero-order chi connectivity index (χ0) is 15.5. The molecular formula is C14H24F3N3O. The second-order valence-corrected chi connectivity index (χ2v) is 6.53. The van der Waals surface area contributed by atoms with Crippen molar-refractivity contribution < 1.29 is 18.0 Å². The molecule has 2 fully saturated rings. The summed E-state index contributed by atoms with van der Waals surface area (Å²) < 4.78 is 37.0. The third-order valence-corrected chi connectivity index (χ3v) is 4.58. The Morgan fingerprint density at radius 2 is 2.05 bits per heavy atom. The van der Waals surface area contributed by atoms with Gasteiger partial charge in [-0.3, -0.25) is 9.69 Å². The van der Waals surface area contributed by atoms with Gasteiger partial charge in [-0.1, -0.05) is 6.92 Å². The molecule has 0 bridgehead atoms. The van der Waals surface area contributed by atoms with E-state index < -0.39 is 12.7 Å². The van der Waals surface area contributed by atoms with Gasteiger partial charge in [-0.25, -0.2) is 0 Å². The van der Waals surface area contributed by atoms with E-state index in [4.69, 9.17) is 0 Å². The Bertz CT molecular complexity index is 367. The molecule has 1 atom stereocenters. The van der Waals surface area contributed by atoms with Crippen LogP contribution in [0, 0.1) is 11.3 Å². The number of alkyl halides is 3. The lowest BCUT2D eigenvalue weighted by Crippen LogP contribution is -2.47. The number of amides is 1. The van der Waals surface area contributed by atoms with E-state index in [1.165, 1.54) is 4.90 Å². The average molecular weight is 307 g/mol. The molecule has 0 aromatic heterocycles. The summed E-state index contributed by atoms with van der Waals surface area (Å²) in [4.78, 5) is 13.7. The molecule has 2 saturated heterocycles. The lowest BCUT2D eigenvalue weighted by Gasteiger charge is -2.32. The van der Waals surface area contributed by atoms with E-state index in [0.29, 0.717) is 26.1 Å². The van der Waals surface area contributed by atoms with Crippen LogP contribution < -0.4 is 10.6 Å². The highest BCUT2D eigenvalue weighted by molar-refractivity contribution is 5.82. The van der Waals surface area contributed by atoms with Gasteiger partial charge >= 0.3 is 6.18 Å². The zero-order valence-electron chi connectivity index (χ0n) is 12.4. The smallest absolute Gasteiger partial charge is 0.355 e. The van der Waals surface area contributed by atoms with E-state index in [2.05, 4.69) is 10.6 Å². The molecule has 2 heterocycles. The van der Waals surface area contributed by atoms with Gasteiger partial charge in [0.05, 0.1) is 6.54 Å². The number of carbonyl (C=O) groups excluding carboxylic acids is 1. The fourth-order valence-corrected chi connectivity index (χ4v) is 3.13.